The monoisotopic (exact) mass is 334 g/mol. The number of rotatable bonds is 4. The van der Waals surface area contributed by atoms with Crippen molar-refractivity contribution in [2.75, 3.05) is 26.2 Å². The molecule has 1 aliphatic carbocycles. The highest BCUT2D eigenvalue weighted by molar-refractivity contribution is 7.06. The van der Waals surface area contributed by atoms with Gasteiger partial charge in [-0.05, 0) is 55.5 Å². The number of nitrogens with zero attached hydrogens (tertiary/aromatic N) is 4. The van der Waals surface area contributed by atoms with E-state index in [0.29, 0.717) is 17.5 Å². The van der Waals surface area contributed by atoms with E-state index < -0.39 is 0 Å². The first-order valence-corrected chi connectivity index (χ1v) is 9.73. The number of carbonyl (C=O) groups excluding carboxylic acids is 1. The third-order valence-corrected chi connectivity index (χ3v) is 6.50. The summed E-state index contributed by atoms with van der Waals surface area (Å²) >= 11 is 1.42. The molecule has 126 valence electrons. The maximum Gasteiger partial charge on any atom is 0.275 e. The molecule has 1 aromatic heterocycles. The Bertz CT molecular complexity index is 597. The van der Waals surface area contributed by atoms with Gasteiger partial charge in [0.2, 0.25) is 0 Å². The summed E-state index contributed by atoms with van der Waals surface area (Å²) in [5.41, 5.74) is 0.880. The van der Waals surface area contributed by atoms with E-state index in [1.54, 1.807) is 0 Å². The molecule has 4 rings (SSSR count). The number of hydrogen-bond donors (Lipinski definition) is 0. The molecule has 0 aromatic carbocycles. The molecule has 0 N–H and O–H groups in total. The van der Waals surface area contributed by atoms with Crippen LogP contribution in [0.5, 0.6) is 0 Å². The Balaban J connectivity index is 1.49. The summed E-state index contributed by atoms with van der Waals surface area (Å²) in [6, 6.07) is 0. The van der Waals surface area contributed by atoms with Crippen LogP contribution in [0.25, 0.3) is 0 Å². The number of carbonyl (C=O) groups is 1. The molecular weight excluding hydrogens is 308 g/mol. The van der Waals surface area contributed by atoms with E-state index in [0.717, 1.165) is 30.9 Å². The minimum absolute atomic E-state index is 0.121. The first kappa shape index (κ1) is 15.5. The van der Waals surface area contributed by atoms with Crippen LogP contribution in [0.15, 0.2) is 0 Å². The molecule has 1 amide bonds. The van der Waals surface area contributed by atoms with E-state index in [-0.39, 0.29) is 11.4 Å². The van der Waals surface area contributed by atoms with Crippen LogP contribution in [0.2, 0.25) is 0 Å². The van der Waals surface area contributed by atoms with Gasteiger partial charge in [0.05, 0.1) is 4.88 Å². The average Bonchev–Trinajstić information content (AvgIpc) is 3.28. The van der Waals surface area contributed by atoms with Crippen molar-refractivity contribution in [2.24, 2.45) is 5.92 Å². The molecule has 0 unspecified atom stereocenters. The predicted octanol–water partition coefficient (Wildman–Crippen LogP) is 2.75. The Morgan fingerprint density at radius 3 is 2.83 bits per heavy atom. The van der Waals surface area contributed by atoms with Crippen molar-refractivity contribution in [2.45, 2.75) is 57.4 Å². The lowest BCUT2D eigenvalue weighted by molar-refractivity contribution is -0.0649. The third kappa shape index (κ3) is 2.80. The maximum absolute atomic E-state index is 13.0. The average molecular weight is 334 g/mol. The zero-order chi connectivity index (χ0) is 16.0. The third-order valence-electron chi connectivity index (χ3n) is 5.61. The van der Waals surface area contributed by atoms with Crippen LogP contribution < -0.4 is 0 Å². The summed E-state index contributed by atoms with van der Waals surface area (Å²) in [5.74, 6) is 1.35. The minimum atomic E-state index is 0.121. The molecule has 2 aliphatic heterocycles. The van der Waals surface area contributed by atoms with Gasteiger partial charge in [-0.25, -0.2) is 0 Å². The van der Waals surface area contributed by atoms with Gasteiger partial charge >= 0.3 is 0 Å². The van der Waals surface area contributed by atoms with Gasteiger partial charge in [0, 0.05) is 31.7 Å². The van der Waals surface area contributed by atoms with Crippen LogP contribution in [-0.4, -0.2) is 57.0 Å². The number of likely N-dealkylation sites (tertiary alicyclic amines) is 2. The molecule has 5 nitrogen and oxygen atoms in total. The topological polar surface area (TPSA) is 49.3 Å². The second-order valence-corrected chi connectivity index (χ2v) is 8.69. The normalized spacial score (nSPS) is 28.4. The van der Waals surface area contributed by atoms with E-state index in [9.17, 15) is 4.79 Å². The van der Waals surface area contributed by atoms with Crippen LogP contribution in [0, 0.1) is 5.92 Å². The first-order valence-electron chi connectivity index (χ1n) is 8.96. The molecule has 0 radical (unpaired) electrons. The Morgan fingerprint density at radius 1 is 1.35 bits per heavy atom. The molecule has 3 fully saturated rings. The van der Waals surface area contributed by atoms with Gasteiger partial charge in [-0.2, -0.15) is 0 Å². The number of hydrogen-bond acceptors (Lipinski definition) is 5. The maximum atomic E-state index is 13.0. The molecular formula is C17H26N4OS. The molecule has 3 heterocycles. The summed E-state index contributed by atoms with van der Waals surface area (Å²) in [4.78, 5) is 18.8. The smallest absolute Gasteiger partial charge is 0.275 e. The Morgan fingerprint density at radius 2 is 2.17 bits per heavy atom. The molecule has 1 spiro atoms. The van der Waals surface area contributed by atoms with Gasteiger partial charge in [0.25, 0.3) is 5.91 Å². The Kier molecular flexibility index (Phi) is 3.92. The van der Waals surface area contributed by atoms with E-state index in [4.69, 9.17) is 0 Å². The van der Waals surface area contributed by atoms with Gasteiger partial charge in [0.1, 0.15) is 0 Å². The summed E-state index contributed by atoms with van der Waals surface area (Å²) in [5, 5.41) is 4.18. The van der Waals surface area contributed by atoms with E-state index in [2.05, 4.69) is 33.2 Å². The Labute approximate surface area is 142 Å². The van der Waals surface area contributed by atoms with Crippen molar-refractivity contribution in [3.8, 4) is 0 Å². The molecule has 0 bridgehead atoms. The highest BCUT2D eigenvalue weighted by atomic mass is 32.1. The number of amides is 1. The van der Waals surface area contributed by atoms with Crippen LogP contribution in [0.3, 0.4) is 0 Å². The molecule has 3 aliphatic rings. The summed E-state index contributed by atoms with van der Waals surface area (Å²) in [6.07, 6.45) is 5.95. The van der Waals surface area contributed by atoms with Crippen LogP contribution in [0.4, 0.5) is 0 Å². The van der Waals surface area contributed by atoms with Crippen molar-refractivity contribution in [1.29, 1.82) is 0 Å². The van der Waals surface area contributed by atoms with Crippen molar-refractivity contribution in [1.82, 2.24) is 19.4 Å². The van der Waals surface area contributed by atoms with Gasteiger partial charge in [0.15, 0.2) is 5.69 Å². The fourth-order valence-corrected chi connectivity index (χ4v) is 4.98. The zero-order valence-electron chi connectivity index (χ0n) is 14.1. The number of piperidine rings is 1. The zero-order valence-corrected chi connectivity index (χ0v) is 14.9. The number of aromatic nitrogens is 2. The lowest BCUT2D eigenvalue weighted by atomic mass is 9.77. The molecule has 1 atom stereocenters. The summed E-state index contributed by atoms with van der Waals surface area (Å²) in [7, 11) is 0. The lowest BCUT2D eigenvalue weighted by Crippen LogP contribution is -2.68. The van der Waals surface area contributed by atoms with Gasteiger partial charge < -0.3 is 4.90 Å². The molecule has 1 aromatic rings. The van der Waals surface area contributed by atoms with Crippen molar-refractivity contribution < 1.29 is 4.79 Å². The predicted molar refractivity (Wildman–Crippen MR) is 90.8 cm³/mol. The second-order valence-electron chi connectivity index (χ2n) is 7.90. The van der Waals surface area contributed by atoms with Gasteiger partial charge in [-0.15, -0.1) is 5.10 Å². The molecule has 6 heteroatoms. The standard InChI is InChI=1S/C17H26N4OS/c1-12(2)10-21-9-7-17(21)6-3-8-20(11-17)16(22)14-15(13-4-5-13)23-19-18-14/h12-13H,3-11H2,1-2H3/t17-/m0/s1. The van der Waals surface area contributed by atoms with Crippen molar-refractivity contribution >= 4 is 17.4 Å². The molecule has 2 saturated heterocycles. The van der Waals surface area contributed by atoms with E-state index in [1.165, 1.54) is 43.8 Å². The second kappa shape index (κ2) is 5.81. The first-order chi connectivity index (χ1) is 11.1. The fraction of sp³-hybridized carbons (Fsp3) is 0.824. The molecule has 1 saturated carbocycles. The Hall–Kier alpha value is -1.01. The lowest BCUT2D eigenvalue weighted by Gasteiger charge is -2.57. The SMILES string of the molecule is CC(C)CN1CC[C@]12CCCN(C(=O)c1nnsc1C1CC1)C2. The van der Waals surface area contributed by atoms with Crippen LogP contribution in [0.1, 0.15) is 67.2 Å². The van der Waals surface area contributed by atoms with Crippen molar-refractivity contribution in [3.05, 3.63) is 10.6 Å². The van der Waals surface area contributed by atoms with Crippen molar-refractivity contribution in [3.63, 3.8) is 0 Å². The fourth-order valence-electron chi connectivity index (χ4n) is 4.17. The van der Waals surface area contributed by atoms with Crippen LogP contribution >= 0.6 is 11.5 Å². The molecule has 23 heavy (non-hydrogen) atoms. The van der Waals surface area contributed by atoms with Gasteiger partial charge in [-0.1, -0.05) is 18.3 Å². The summed E-state index contributed by atoms with van der Waals surface area (Å²) < 4.78 is 4.06. The van der Waals surface area contributed by atoms with Gasteiger partial charge in [-0.3, -0.25) is 9.69 Å². The van der Waals surface area contributed by atoms with E-state index >= 15 is 0 Å². The summed E-state index contributed by atoms with van der Waals surface area (Å²) in [6.45, 7) is 8.64. The van der Waals surface area contributed by atoms with Crippen LogP contribution in [-0.2, 0) is 0 Å². The minimum Gasteiger partial charge on any atom is -0.335 e. The van der Waals surface area contributed by atoms with E-state index in [1.807, 2.05) is 0 Å². The largest absolute Gasteiger partial charge is 0.335 e. The highest BCUT2D eigenvalue weighted by Crippen LogP contribution is 2.44. The quantitative estimate of drug-likeness (QED) is 0.849. The highest BCUT2D eigenvalue weighted by Gasteiger charge is 2.48.